The van der Waals surface area contributed by atoms with Crippen LogP contribution in [0.3, 0.4) is 0 Å². The maximum absolute atomic E-state index is 12.1. The molecule has 0 atom stereocenters. The molecule has 0 bridgehead atoms. The molecule has 8 heteroatoms. The first kappa shape index (κ1) is 18.2. The summed E-state index contributed by atoms with van der Waals surface area (Å²) in [5, 5.41) is 4.13. The summed E-state index contributed by atoms with van der Waals surface area (Å²) < 4.78 is 15.5. The van der Waals surface area contributed by atoms with Gasteiger partial charge in [-0.1, -0.05) is 29.8 Å². The maximum Gasteiger partial charge on any atom is 0.338 e. The number of nitrogens with one attached hydrogen (secondary N) is 2. The molecule has 1 aliphatic heterocycles. The monoisotopic (exact) mass is 400 g/mol. The molecule has 0 spiro atoms. The average Bonchev–Trinajstić information content (AvgIpc) is 3.33. The van der Waals surface area contributed by atoms with Crippen LogP contribution >= 0.6 is 11.6 Å². The number of halogens is 1. The first-order valence-corrected chi connectivity index (χ1v) is 9.07. The molecule has 3 aromatic rings. The van der Waals surface area contributed by atoms with Crippen LogP contribution in [0.5, 0.6) is 11.5 Å². The second-order valence-electron chi connectivity index (χ2n) is 6.23. The number of H-pyrrole nitrogens is 1. The van der Waals surface area contributed by atoms with Crippen LogP contribution in [0.15, 0.2) is 42.6 Å². The molecule has 0 fully saturated rings. The Morgan fingerprint density at radius 3 is 2.96 bits per heavy atom. The van der Waals surface area contributed by atoms with Crippen molar-refractivity contribution in [1.82, 2.24) is 10.3 Å². The van der Waals surface area contributed by atoms with Crippen LogP contribution in [-0.4, -0.2) is 36.8 Å². The van der Waals surface area contributed by atoms with E-state index in [1.54, 1.807) is 0 Å². The molecule has 1 aromatic heterocycles. The summed E-state index contributed by atoms with van der Waals surface area (Å²) >= 11 is 6.05. The SMILES string of the molecule is O=C(COC(=O)c1cc(Cl)c2c(c1)OCO2)NCCc1c[nH]c2ccccc12. The molecule has 0 saturated carbocycles. The smallest absolute Gasteiger partial charge is 0.338 e. The molecule has 0 radical (unpaired) electrons. The molecular weight excluding hydrogens is 384 g/mol. The predicted molar refractivity (Wildman–Crippen MR) is 103 cm³/mol. The van der Waals surface area contributed by atoms with Gasteiger partial charge in [0, 0.05) is 23.6 Å². The van der Waals surface area contributed by atoms with E-state index < -0.39 is 5.97 Å². The summed E-state index contributed by atoms with van der Waals surface area (Å²) in [6, 6.07) is 10.9. The quantitative estimate of drug-likeness (QED) is 0.621. The molecule has 4 rings (SSSR count). The average molecular weight is 401 g/mol. The van der Waals surface area contributed by atoms with Crippen LogP contribution in [0.1, 0.15) is 15.9 Å². The molecular formula is C20H17ClN2O5. The number of carbonyl (C=O) groups excluding carboxylic acids is 2. The van der Waals surface area contributed by atoms with Gasteiger partial charge in [0.1, 0.15) is 0 Å². The summed E-state index contributed by atoms with van der Waals surface area (Å²) in [4.78, 5) is 27.3. The van der Waals surface area contributed by atoms with Gasteiger partial charge in [-0.2, -0.15) is 0 Å². The van der Waals surface area contributed by atoms with E-state index in [-0.39, 0.29) is 29.9 Å². The third-order valence-electron chi connectivity index (χ3n) is 4.39. The predicted octanol–water partition coefficient (Wildman–Crippen LogP) is 3.07. The summed E-state index contributed by atoms with van der Waals surface area (Å²) in [6.45, 7) is 0.110. The number of esters is 1. The van der Waals surface area contributed by atoms with Crippen LogP contribution in [0.2, 0.25) is 5.02 Å². The molecule has 2 heterocycles. The number of carbonyl (C=O) groups is 2. The minimum atomic E-state index is -0.660. The van der Waals surface area contributed by atoms with E-state index in [1.165, 1.54) is 12.1 Å². The summed E-state index contributed by atoms with van der Waals surface area (Å²) in [7, 11) is 0. The van der Waals surface area contributed by atoms with Crippen LogP contribution < -0.4 is 14.8 Å². The minimum absolute atomic E-state index is 0.0480. The van der Waals surface area contributed by atoms with Crippen molar-refractivity contribution in [3.05, 3.63) is 58.7 Å². The Morgan fingerprint density at radius 1 is 1.21 bits per heavy atom. The summed E-state index contributed by atoms with van der Waals surface area (Å²) in [5.41, 5.74) is 2.36. The molecule has 144 valence electrons. The van der Waals surface area contributed by atoms with Crippen LogP contribution in [0, 0.1) is 0 Å². The molecule has 0 unspecified atom stereocenters. The number of fused-ring (bicyclic) bond motifs is 2. The lowest BCUT2D eigenvalue weighted by Gasteiger charge is -2.07. The van der Waals surface area contributed by atoms with Crippen LogP contribution in [0.25, 0.3) is 10.9 Å². The maximum atomic E-state index is 12.1. The van der Waals surface area contributed by atoms with Gasteiger partial charge in [0.2, 0.25) is 6.79 Å². The van der Waals surface area contributed by atoms with Gasteiger partial charge >= 0.3 is 5.97 Å². The highest BCUT2D eigenvalue weighted by Crippen LogP contribution is 2.39. The summed E-state index contributed by atoms with van der Waals surface area (Å²) in [6.07, 6.45) is 2.60. The van der Waals surface area contributed by atoms with Crippen molar-refractivity contribution in [1.29, 1.82) is 0 Å². The van der Waals surface area contributed by atoms with Gasteiger partial charge in [0.25, 0.3) is 5.91 Å². The highest BCUT2D eigenvalue weighted by molar-refractivity contribution is 6.32. The van der Waals surface area contributed by atoms with Crippen molar-refractivity contribution in [3.63, 3.8) is 0 Å². The number of benzene rings is 2. The van der Waals surface area contributed by atoms with E-state index in [2.05, 4.69) is 10.3 Å². The molecule has 0 saturated heterocycles. The third-order valence-corrected chi connectivity index (χ3v) is 4.67. The first-order valence-electron chi connectivity index (χ1n) is 8.70. The van der Waals surface area contributed by atoms with Crippen molar-refractivity contribution in [3.8, 4) is 11.5 Å². The fourth-order valence-corrected chi connectivity index (χ4v) is 3.29. The van der Waals surface area contributed by atoms with Gasteiger partial charge < -0.3 is 24.5 Å². The Kier molecular flexibility index (Phi) is 5.08. The number of rotatable bonds is 6. The van der Waals surface area contributed by atoms with Gasteiger partial charge in [0.15, 0.2) is 18.1 Å². The van der Waals surface area contributed by atoms with Crippen molar-refractivity contribution in [2.45, 2.75) is 6.42 Å². The fourth-order valence-electron chi connectivity index (χ4n) is 3.03. The molecule has 0 aliphatic carbocycles. The number of ether oxygens (including phenoxy) is 3. The zero-order chi connectivity index (χ0) is 19.5. The van der Waals surface area contributed by atoms with Gasteiger partial charge in [-0.15, -0.1) is 0 Å². The van der Waals surface area contributed by atoms with Gasteiger partial charge in [0.05, 0.1) is 10.6 Å². The van der Waals surface area contributed by atoms with Gasteiger partial charge in [-0.3, -0.25) is 4.79 Å². The van der Waals surface area contributed by atoms with Gasteiger partial charge in [-0.25, -0.2) is 4.79 Å². The highest BCUT2D eigenvalue weighted by Gasteiger charge is 2.21. The molecule has 1 amide bonds. The molecule has 28 heavy (non-hydrogen) atoms. The largest absolute Gasteiger partial charge is 0.454 e. The normalized spacial score (nSPS) is 12.2. The summed E-state index contributed by atoms with van der Waals surface area (Å²) in [5.74, 6) is -0.261. The number of aromatic amines is 1. The van der Waals surface area contributed by atoms with E-state index in [4.69, 9.17) is 25.8 Å². The van der Waals surface area contributed by atoms with Crippen molar-refractivity contribution in [2.75, 3.05) is 19.9 Å². The third kappa shape index (κ3) is 3.75. The Balaban J connectivity index is 1.26. The van der Waals surface area contributed by atoms with E-state index in [1.807, 2.05) is 30.5 Å². The Bertz CT molecular complexity index is 1050. The standard InChI is InChI=1S/C20H17ClN2O5/c21-15-7-13(8-17-19(15)28-11-27-17)20(25)26-10-18(24)22-6-5-12-9-23-16-4-2-1-3-14(12)16/h1-4,7-9,23H,5-6,10-11H2,(H,22,24). The number of hydrogen-bond donors (Lipinski definition) is 2. The second kappa shape index (κ2) is 7.82. The van der Waals surface area contributed by atoms with E-state index in [0.717, 1.165) is 16.5 Å². The van der Waals surface area contributed by atoms with E-state index in [9.17, 15) is 9.59 Å². The number of amides is 1. The molecule has 1 aliphatic rings. The van der Waals surface area contributed by atoms with E-state index >= 15 is 0 Å². The lowest BCUT2D eigenvalue weighted by atomic mass is 10.1. The molecule has 2 N–H and O–H groups in total. The zero-order valence-electron chi connectivity index (χ0n) is 14.8. The Labute approximate surface area is 165 Å². The van der Waals surface area contributed by atoms with Crippen molar-refractivity contribution in [2.24, 2.45) is 0 Å². The number of para-hydroxylation sites is 1. The van der Waals surface area contributed by atoms with E-state index in [0.29, 0.717) is 24.5 Å². The number of hydrogen-bond acceptors (Lipinski definition) is 5. The molecule has 7 nitrogen and oxygen atoms in total. The topological polar surface area (TPSA) is 89.7 Å². The lowest BCUT2D eigenvalue weighted by molar-refractivity contribution is -0.124. The lowest BCUT2D eigenvalue weighted by Crippen LogP contribution is -2.30. The zero-order valence-corrected chi connectivity index (χ0v) is 15.5. The van der Waals surface area contributed by atoms with Crippen LogP contribution in [0.4, 0.5) is 0 Å². The van der Waals surface area contributed by atoms with Crippen molar-refractivity contribution < 1.29 is 23.8 Å². The highest BCUT2D eigenvalue weighted by atomic mass is 35.5. The molecule has 2 aromatic carbocycles. The Hall–Kier alpha value is -3.19. The minimum Gasteiger partial charge on any atom is -0.454 e. The van der Waals surface area contributed by atoms with Crippen LogP contribution in [-0.2, 0) is 16.0 Å². The second-order valence-corrected chi connectivity index (χ2v) is 6.63. The van der Waals surface area contributed by atoms with Gasteiger partial charge in [-0.05, 0) is 30.2 Å². The Morgan fingerprint density at radius 2 is 2.07 bits per heavy atom. The fraction of sp³-hybridized carbons (Fsp3) is 0.200. The number of aromatic nitrogens is 1. The first-order chi connectivity index (χ1) is 13.6. The van der Waals surface area contributed by atoms with Crippen molar-refractivity contribution >= 4 is 34.4 Å².